The van der Waals surface area contributed by atoms with Gasteiger partial charge in [0.15, 0.2) is 0 Å². The molecule has 3 rings (SSSR count). The van der Waals surface area contributed by atoms with Gasteiger partial charge in [0, 0.05) is 18.9 Å². The average molecular weight is 216 g/mol. The Morgan fingerprint density at radius 3 is 3.19 bits per heavy atom. The minimum absolute atomic E-state index is 0.777. The van der Waals surface area contributed by atoms with Gasteiger partial charge >= 0.3 is 0 Å². The van der Waals surface area contributed by atoms with E-state index in [1.807, 2.05) is 22.9 Å². The smallest absolute Gasteiger partial charge is 0.233 e. The highest BCUT2D eigenvalue weighted by molar-refractivity contribution is 5.30. The summed E-state index contributed by atoms with van der Waals surface area (Å²) in [7, 11) is 0. The molecule has 0 radical (unpaired) electrons. The van der Waals surface area contributed by atoms with E-state index in [4.69, 9.17) is 0 Å². The van der Waals surface area contributed by atoms with Gasteiger partial charge in [0.25, 0.3) is 0 Å². The maximum atomic E-state index is 4.26. The average Bonchev–Trinajstić information content (AvgIpc) is 2.86. The zero-order valence-electron chi connectivity index (χ0n) is 9.43. The first kappa shape index (κ1) is 9.78. The van der Waals surface area contributed by atoms with Crippen molar-refractivity contribution in [2.45, 2.75) is 19.9 Å². The lowest BCUT2D eigenvalue weighted by atomic mass is 10.3. The second-order valence-electron chi connectivity index (χ2n) is 4.64. The molecule has 0 spiro atoms. The molecule has 0 saturated heterocycles. The van der Waals surface area contributed by atoms with E-state index in [0.29, 0.717) is 0 Å². The standard InChI is InChI=1S/C12H16N4/c1-9-5-10(9)6-13-7-11-8-15-12-14-3-2-4-16(11)12/h2-4,8-10,13H,5-7H2,1H3. The molecule has 0 aromatic carbocycles. The third-order valence-electron chi connectivity index (χ3n) is 3.35. The monoisotopic (exact) mass is 216 g/mol. The number of nitrogens with zero attached hydrogens (tertiary/aromatic N) is 3. The Morgan fingerprint density at radius 1 is 1.50 bits per heavy atom. The molecule has 1 aliphatic rings. The topological polar surface area (TPSA) is 42.2 Å². The number of aromatic nitrogens is 3. The first-order chi connectivity index (χ1) is 7.84. The van der Waals surface area contributed by atoms with Gasteiger partial charge in [-0.25, -0.2) is 9.97 Å². The quantitative estimate of drug-likeness (QED) is 0.841. The fraction of sp³-hybridized carbons (Fsp3) is 0.500. The summed E-state index contributed by atoms with van der Waals surface area (Å²) in [6.07, 6.45) is 7.05. The first-order valence-corrected chi connectivity index (χ1v) is 5.82. The Morgan fingerprint density at radius 2 is 2.38 bits per heavy atom. The zero-order valence-corrected chi connectivity index (χ0v) is 9.43. The van der Waals surface area contributed by atoms with Crippen molar-refractivity contribution < 1.29 is 0 Å². The molecule has 1 aliphatic carbocycles. The Bertz CT molecular complexity index is 490. The van der Waals surface area contributed by atoms with Gasteiger partial charge in [-0.05, 0) is 30.9 Å². The van der Waals surface area contributed by atoms with Crippen LogP contribution in [0.1, 0.15) is 19.0 Å². The van der Waals surface area contributed by atoms with Crippen LogP contribution in [0.4, 0.5) is 0 Å². The Labute approximate surface area is 94.7 Å². The highest BCUT2D eigenvalue weighted by Crippen LogP contribution is 2.36. The van der Waals surface area contributed by atoms with Gasteiger partial charge in [0.2, 0.25) is 5.78 Å². The molecule has 1 fully saturated rings. The van der Waals surface area contributed by atoms with Gasteiger partial charge in [-0.15, -0.1) is 0 Å². The van der Waals surface area contributed by atoms with Crippen LogP contribution in [0, 0.1) is 11.8 Å². The van der Waals surface area contributed by atoms with Crippen LogP contribution in [0.5, 0.6) is 0 Å². The summed E-state index contributed by atoms with van der Waals surface area (Å²) in [5.74, 6) is 2.58. The zero-order chi connectivity index (χ0) is 11.0. The number of rotatable bonds is 4. The Kier molecular flexibility index (Phi) is 2.36. The van der Waals surface area contributed by atoms with Crippen molar-refractivity contribution in [1.82, 2.24) is 19.7 Å². The normalized spacial score (nSPS) is 23.8. The second kappa shape index (κ2) is 3.87. The van der Waals surface area contributed by atoms with E-state index >= 15 is 0 Å². The van der Waals surface area contributed by atoms with Crippen LogP contribution in [0.25, 0.3) is 5.78 Å². The maximum absolute atomic E-state index is 4.26. The molecule has 84 valence electrons. The van der Waals surface area contributed by atoms with Crippen LogP contribution in [-0.4, -0.2) is 20.9 Å². The van der Waals surface area contributed by atoms with Crippen molar-refractivity contribution >= 4 is 5.78 Å². The molecule has 2 aromatic heterocycles. The second-order valence-corrected chi connectivity index (χ2v) is 4.64. The van der Waals surface area contributed by atoms with Crippen LogP contribution in [-0.2, 0) is 6.54 Å². The lowest BCUT2D eigenvalue weighted by Gasteiger charge is -2.03. The molecule has 4 nitrogen and oxygen atoms in total. The number of hydrogen-bond acceptors (Lipinski definition) is 3. The molecular formula is C12H16N4. The van der Waals surface area contributed by atoms with E-state index in [1.54, 1.807) is 6.20 Å². The van der Waals surface area contributed by atoms with E-state index in [1.165, 1.54) is 12.1 Å². The summed E-state index contributed by atoms with van der Waals surface area (Å²) >= 11 is 0. The number of nitrogens with one attached hydrogen (secondary N) is 1. The van der Waals surface area contributed by atoms with Crippen molar-refractivity contribution in [2.75, 3.05) is 6.54 Å². The van der Waals surface area contributed by atoms with Gasteiger partial charge in [-0.2, -0.15) is 0 Å². The van der Waals surface area contributed by atoms with Gasteiger partial charge in [-0.1, -0.05) is 6.92 Å². The predicted molar refractivity (Wildman–Crippen MR) is 62.0 cm³/mol. The highest BCUT2D eigenvalue weighted by atomic mass is 15.1. The number of imidazole rings is 1. The molecule has 2 heterocycles. The highest BCUT2D eigenvalue weighted by Gasteiger charge is 2.31. The van der Waals surface area contributed by atoms with Gasteiger partial charge in [0.1, 0.15) is 0 Å². The molecule has 0 aliphatic heterocycles. The summed E-state index contributed by atoms with van der Waals surface area (Å²) in [5, 5.41) is 3.48. The third kappa shape index (κ3) is 1.80. The molecule has 0 bridgehead atoms. The van der Waals surface area contributed by atoms with Gasteiger partial charge in [-0.3, -0.25) is 4.40 Å². The van der Waals surface area contributed by atoms with Crippen molar-refractivity contribution in [3.05, 3.63) is 30.4 Å². The van der Waals surface area contributed by atoms with Crippen molar-refractivity contribution in [1.29, 1.82) is 0 Å². The molecule has 2 unspecified atom stereocenters. The summed E-state index contributed by atoms with van der Waals surface area (Å²) in [4.78, 5) is 8.45. The largest absolute Gasteiger partial charge is 0.311 e. The van der Waals surface area contributed by atoms with Crippen molar-refractivity contribution in [2.24, 2.45) is 11.8 Å². The minimum atomic E-state index is 0.777. The van der Waals surface area contributed by atoms with Gasteiger partial charge in [0.05, 0.1) is 11.9 Å². The van der Waals surface area contributed by atoms with E-state index < -0.39 is 0 Å². The van der Waals surface area contributed by atoms with Crippen molar-refractivity contribution in [3.63, 3.8) is 0 Å². The molecule has 2 aromatic rings. The number of hydrogen-bond donors (Lipinski definition) is 1. The summed E-state index contributed by atoms with van der Waals surface area (Å²) in [6, 6.07) is 1.93. The fourth-order valence-electron chi connectivity index (χ4n) is 2.08. The van der Waals surface area contributed by atoms with Crippen LogP contribution in [0.2, 0.25) is 0 Å². The van der Waals surface area contributed by atoms with Crippen LogP contribution in [0.15, 0.2) is 24.7 Å². The SMILES string of the molecule is CC1CC1CNCc1cnc2ncccn12. The lowest BCUT2D eigenvalue weighted by Crippen LogP contribution is -2.17. The summed E-state index contributed by atoms with van der Waals surface area (Å²) < 4.78 is 2.03. The van der Waals surface area contributed by atoms with E-state index in [-0.39, 0.29) is 0 Å². The molecule has 2 atom stereocenters. The third-order valence-corrected chi connectivity index (χ3v) is 3.35. The lowest BCUT2D eigenvalue weighted by molar-refractivity contribution is 0.603. The summed E-state index contributed by atoms with van der Waals surface area (Å²) in [5.41, 5.74) is 1.18. The van der Waals surface area contributed by atoms with Gasteiger partial charge < -0.3 is 5.32 Å². The molecule has 0 amide bonds. The van der Waals surface area contributed by atoms with E-state index in [2.05, 4.69) is 22.2 Å². The Hall–Kier alpha value is -1.42. The van der Waals surface area contributed by atoms with E-state index in [0.717, 1.165) is 30.7 Å². The van der Waals surface area contributed by atoms with Crippen LogP contribution < -0.4 is 5.32 Å². The predicted octanol–water partition coefficient (Wildman–Crippen LogP) is 1.47. The molecule has 1 N–H and O–H groups in total. The van der Waals surface area contributed by atoms with Crippen LogP contribution >= 0.6 is 0 Å². The fourth-order valence-corrected chi connectivity index (χ4v) is 2.08. The molecule has 1 saturated carbocycles. The molecular weight excluding hydrogens is 200 g/mol. The molecule has 4 heteroatoms. The minimum Gasteiger partial charge on any atom is -0.311 e. The summed E-state index contributed by atoms with van der Waals surface area (Å²) in [6.45, 7) is 4.30. The Balaban J connectivity index is 1.65. The van der Waals surface area contributed by atoms with Crippen molar-refractivity contribution in [3.8, 4) is 0 Å². The molecule has 16 heavy (non-hydrogen) atoms. The number of fused-ring (bicyclic) bond motifs is 1. The maximum Gasteiger partial charge on any atom is 0.233 e. The van der Waals surface area contributed by atoms with Crippen LogP contribution in [0.3, 0.4) is 0 Å². The van der Waals surface area contributed by atoms with E-state index in [9.17, 15) is 0 Å². The first-order valence-electron chi connectivity index (χ1n) is 5.82.